The molecule has 0 atom stereocenters. The second kappa shape index (κ2) is 5.88. The van der Waals surface area contributed by atoms with Crippen molar-refractivity contribution in [3.05, 3.63) is 40.0 Å². The second-order valence-corrected chi connectivity index (χ2v) is 7.02. The van der Waals surface area contributed by atoms with E-state index in [9.17, 15) is 4.79 Å². The van der Waals surface area contributed by atoms with Gasteiger partial charge in [-0.3, -0.25) is 9.89 Å². The van der Waals surface area contributed by atoms with E-state index in [1.807, 2.05) is 6.07 Å². The lowest BCUT2D eigenvalue weighted by atomic mass is 10.3. The smallest absolute Gasteiger partial charge is 0.258 e. The van der Waals surface area contributed by atoms with Crippen LogP contribution in [0.5, 0.6) is 0 Å². The minimum absolute atomic E-state index is 0.390. The molecule has 3 heterocycles. The van der Waals surface area contributed by atoms with Crippen molar-refractivity contribution in [2.75, 3.05) is 5.32 Å². The largest absolute Gasteiger partial charge is 0.365 e. The molecule has 0 aromatic carbocycles. The van der Waals surface area contributed by atoms with Crippen LogP contribution >= 0.6 is 22.9 Å². The average Bonchev–Trinajstić information content (AvgIpc) is 3.10. The number of carbonyl (C=O) groups excluding carboxylic acids is 1. The van der Waals surface area contributed by atoms with E-state index in [0.717, 1.165) is 10.6 Å². The van der Waals surface area contributed by atoms with E-state index < -0.39 is 5.91 Å². The van der Waals surface area contributed by atoms with Crippen LogP contribution in [0.3, 0.4) is 0 Å². The zero-order valence-corrected chi connectivity index (χ0v) is 14.0. The first-order valence-electron chi connectivity index (χ1n) is 7.35. The summed E-state index contributed by atoms with van der Waals surface area (Å²) in [6, 6.07) is 5.38. The summed E-state index contributed by atoms with van der Waals surface area (Å²) in [4.78, 5) is 21.1. The van der Waals surface area contributed by atoms with Crippen LogP contribution in [-0.2, 0) is 0 Å². The van der Waals surface area contributed by atoms with Crippen molar-refractivity contribution in [2.24, 2.45) is 5.73 Å². The van der Waals surface area contributed by atoms with Gasteiger partial charge in [0, 0.05) is 17.7 Å². The molecule has 0 unspecified atom stereocenters. The summed E-state index contributed by atoms with van der Waals surface area (Å²) in [6.45, 7) is 0. The van der Waals surface area contributed by atoms with Crippen molar-refractivity contribution < 1.29 is 4.79 Å². The monoisotopic (exact) mass is 360 g/mol. The van der Waals surface area contributed by atoms with Gasteiger partial charge in [-0.15, -0.1) is 11.3 Å². The molecule has 0 radical (unpaired) electrons. The third kappa shape index (κ3) is 2.98. The number of primary amides is 1. The number of thiophene rings is 1. The van der Waals surface area contributed by atoms with Gasteiger partial charge in [-0.1, -0.05) is 11.6 Å². The normalized spacial score (nSPS) is 13.9. The van der Waals surface area contributed by atoms with E-state index in [4.69, 9.17) is 17.3 Å². The van der Waals surface area contributed by atoms with Gasteiger partial charge in [0.05, 0.1) is 16.0 Å². The fraction of sp³-hybridized carbons (Fsp3) is 0.200. The van der Waals surface area contributed by atoms with E-state index in [0.29, 0.717) is 33.3 Å². The number of aromatic amines is 1. The summed E-state index contributed by atoms with van der Waals surface area (Å²) < 4.78 is 0. The molecule has 1 aliphatic rings. The SMILES string of the molecule is NC(=O)c1ccc(-c2ncc(Cl)c(Nc3cc(C4CC4)[nH]n3)n2)s1. The van der Waals surface area contributed by atoms with Crippen molar-refractivity contribution in [3.8, 4) is 10.7 Å². The van der Waals surface area contributed by atoms with Gasteiger partial charge in [0.25, 0.3) is 5.91 Å². The molecule has 3 aromatic rings. The molecule has 4 N–H and O–H groups in total. The predicted molar refractivity (Wildman–Crippen MR) is 92.7 cm³/mol. The summed E-state index contributed by atoms with van der Waals surface area (Å²) in [5.74, 6) is 1.71. The lowest BCUT2D eigenvalue weighted by Crippen LogP contribution is -2.08. The standard InChI is InChI=1S/C15H13ClN6OS/c16-8-6-18-15(11-4-3-10(24-11)13(17)23)20-14(8)19-12-5-9(21-22-12)7-1-2-7/h3-7H,1-2H2,(H2,17,23)(H2,18,19,20,21,22). The van der Waals surface area contributed by atoms with E-state index in [1.54, 1.807) is 12.1 Å². The van der Waals surface area contributed by atoms with Gasteiger partial charge in [0.2, 0.25) is 0 Å². The summed E-state index contributed by atoms with van der Waals surface area (Å²) >= 11 is 7.41. The first-order chi connectivity index (χ1) is 11.6. The molecular weight excluding hydrogens is 348 g/mol. The Morgan fingerprint density at radius 3 is 2.96 bits per heavy atom. The maximum absolute atomic E-state index is 11.2. The van der Waals surface area contributed by atoms with Crippen LogP contribution in [0.1, 0.15) is 34.1 Å². The number of halogens is 1. The lowest BCUT2D eigenvalue weighted by molar-refractivity contribution is 0.100. The van der Waals surface area contributed by atoms with Crippen LogP contribution < -0.4 is 11.1 Å². The molecule has 3 aromatic heterocycles. The van der Waals surface area contributed by atoms with E-state index in [1.165, 1.54) is 30.4 Å². The van der Waals surface area contributed by atoms with Gasteiger partial charge in [0.1, 0.15) is 5.02 Å². The third-order valence-electron chi connectivity index (χ3n) is 3.67. The van der Waals surface area contributed by atoms with Crippen molar-refractivity contribution in [3.63, 3.8) is 0 Å². The topological polar surface area (TPSA) is 110 Å². The van der Waals surface area contributed by atoms with Crippen molar-refractivity contribution in [2.45, 2.75) is 18.8 Å². The number of aromatic nitrogens is 4. The number of anilines is 2. The van der Waals surface area contributed by atoms with Crippen LogP contribution in [0.25, 0.3) is 10.7 Å². The van der Waals surface area contributed by atoms with E-state index >= 15 is 0 Å². The Morgan fingerprint density at radius 1 is 1.42 bits per heavy atom. The van der Waals surface area contributed by atoms with Gasteiger partial charge in [-0.05, 0) is 25.0 Å². The van der Waals surface area contributed by atoms with E-state index in [-0.39, 0.29) is 0 Å². The molecular formula is C15H13ClN6OS. The van der Waals surface area contributed by atoms with E-state index in [2.05, 4.69) is 25.5 Å². The molecule has 24 heavy (non-hydrogen) atoms. The Bertz CT molecular complexity index is 916. The number of amides is 1. The highest BCUT2D eigenvalue weighted by Crippen LogP contribution is 2.40. The summed E-state index contributed by atoms with van der Waals surface area (Å²) in [5, 5.41) is 10.7. The minimum atomic E-state index is -0.470. The number of rotatable bonds is 5. The lowest BCUT2D eigenvalue weighted by Gasteiger charge is -2.05. The number of nitrogens with zero attached hydrogens (tertiary/aromatic N) is 3. The number of nitrogens with one attached hydrogen (secondary N) is 2. The molecule has 122 valence electrons. The predicted octanol–water partition coefficient (Wildman–Crippen LogP) is 3.30. The fourth-order valence-electron chi connectivity index (χ4n) is 2.29. The van der Waals surface area contributed by atoms with Gasteiger partial charge >= 0.3 is 0 Å². The molecule has 1 amide bonds. The molecule has 1 saturated carbocycles. The Kier molecular flexibility index (Phi) is 3.70. The number of hydrogen-bond acceptors (Lipinski definition) is 6. The molecule has 1 fully saturated rings. The van der Waals surface area contributed by atoms with Crippen molar-refractivity contribution in [1.82, 2.24) is 20.2 Å². The van der Waals surface area contributed by atoms with Crippen LogP contribution in [0.4, 0.5) is 11.6 Å². The molecule has 0 saturated heterocycles. The van der Waals surface area contributed by atoms with Crippen molar-refractivity contribution >= 4 is 40.5 Å². The summed E-state index contributed by atoms with van der Waals surface area (Å²) in [7, 11) is 0. The third-order valence-corrected chi connectivity index (χ3v) is 5.05. The number of H-pyrrole nitrogens is 1. The minimum Gasteiger partial charge on any atom is -0.365 e. The zero-order chi connectivity index (χ0) is 16.7. The summed E-state index contributed by atoms with van der Waals surface area (Å²) in [5.41, 5.74) is 6.40. The Hall–Kier alpha value is -2.45. The quantitative estimate of drug-likeness (QED) is 0.646. The number of hydrogen-bond donors (Lipinski definition) is 3. The highest BCUT2D eigenvalue weighted by atomic mass is 35.5. The Morgan fingerprint density at radius 2 is 2.25 bits per heavy atom. The summed E-state index contributed by atoms with van der Waals surface area (Å²) in [6.07, 6.45) is 3.91. The molecule has 0 bridgehead atoms. The van der Waals surface area contributed by atoms with Gasteiger partial charge in [0.15, 0.2) is 17.5 Å². The highest BCUT2D eigenvalue weighted by molar-refractivity contribution is 7.17. The highest BCUT2D eigenvalue weighted by Gasteiger charge is 2.25. The Labute approximate surface area is 146 Å². The zero-order valence-electron chi connectivity index (χ0n) is 12.4. The van der Waals surface area contributed by atoms with Crippen LogP contribution in [0.2, 0.25) is 5.02 Å². The van der Waals surface area contributed by atoms with Crippen LogP contribution in [0.15, 0.2) is 24.4 Å². The Balaban J connectivity index is 1.61. The van der Waals surface area contributed by atoms with Gasteiger partial charge in [-0.25, -0.2) is 9.97 Å². The number of carbonyl (C=O) groups is 1. The average molecular weight is 361 g/mol. The first kappa shape index (κ1) is 15.1. The fourth-order valence-corrected chi connectivity index (χ4v) is 3.23. The molecule has 0 spiro atoms. The van der Waals surface area contributed by atoms with Gasteiger partial charge < -0.3 is 11.1 Å². The molecule has 4 rings (SSSR count). The van der Waals surface area contributed by atoms with Crippen LogP contribution in [0, 0.1) is 0 Å². The molecule has 1 aliphatic carbocycles. The maximum Gasteiger partial charge on any atom is 0.258 e. The molecule has 0 aliphatic heterocycles. The van der Waals surface area contributed by atoms with Crippen molar-refractivity contribution in [1.29, 1.82) is 0 Å². The van der Waals surface area contributed by atoms with Crippen LogP contribution in [-0.4, -0.2) is 26.1 Å². The number of nitrogens with two attached hydrogens (primary N) is 1. The molecule has 9 heteroatoms. The van der Waals surface area contributed by atoms with Gasteiger partial charge in [-0.2, -0.15) is 5.10 Å². The first-order valence-corrected chi connectivity index (χ1v) is 8.54. The second-order valence-electron chi connectivity index (χ2n) is 5.53. The maximum atomic E-state index is 11.2. The molecule has 7 nitrogen and oxygen atoms in total.